The van der Waals surface area contributed by atoms with Crippen molar-refractivity contribution in [2.45, 2.75) is 0 Å². The third-order valence-electron chi connectivity index (χ3n) is 3.94. The first-order chi connectivity index (χ1) is 13.0. The van der Waals surface area contributed by atoms with Crippen molar-refractivity contribution in [1.29, 1.82) is 0 Å². The van der Waals surface area contributed by atoms with Gasteiger partial charge in [0, 0.05) is 5.56 Å². The number of benzene rings is 3. The third-order valence-corrected chi connectivity index (χ3v) is 3.94. The van der Waals surface area contributed by atoms with Gasteiger partial charge in [-0.05, 0) is 23.8 Å². The van der Waals surface area contributed by atoms with Crippen molar-refractivity contribution in [3.63, 3.8) is 0 Å². The summed E-state index contributed by atoms with van der Waals surface area (Å²) in [6, 6.07) is 18.4. The smallest absolute Gasteiger partial charge is 0.339 e. The highest BCUT2D eigenvalue weighted by molar-refractivity contribution is 5.99. The minimum absolute atomic E-state index is 0.204. The van der Waals surface area contributed by atoms with E-state index < -0.39 is 11.9 Å². The molecule has 0 fully saturated rings. The summed E-state index contributed by atoms with van der Waals surface area (Å²) in [6.45, 7) is 0. The highest BCUT2D eigenvalue weighted by atomic mass is 16.5. The van der Waals surface area contributed by atoms with Gasteiger partial charge >= 0.3 is 11.9 Å². The van der Waals surface area contributed by atoms with Crippen LogP contribution in [0.25, 0.3) is 11.1 Å². The lowest BCUT2D eigenvalue weighted by atomic mass is 9.99. The van der Waals surface area contributed by atoms with Gasteiger partial charge < -0.3 is 14.9 Å². The lowest BCUT2D eigenvalue weighted by molar-refractivity contribution is 0.0692. The van der Waals surface area contributed by atoms with Crippen LogP contribution in [0.15, 0.2) is 66.7 Å². The van der Waals surface area contributed by atoms with Gasteiger partial charge in [-0.15, -0.1) is 6.42 Å². The van der Waals surface area contributed by atoms with Crippen LogP contribution in [-0.4, -0.2) is 22.2 Å². The Labute approximate surface area is 155 Å². The summed E-state index contributed by atoms with van der Waals surface area (Å²) >= 11 is 0. The third kappa shape index (κ3) is 3.51. The molecule has 0 saturated carbocycles. The monoisotopic (exact) mass is 358 g/mol. The van der Waals surface area contributed by atoms with Gasteiger partial charge in [0.25, 0.3) is 0 Å². The number of aromatic carboxylic acids is 2. The lowest BCUT2D eigenvalue weighted by Gasteiger charge is -2.15. The maximum absolute atomic E-state index is 11.5. The molecule has 132 valence electrons. The number of hydrogen-bond donors (Lipinski definition) is 2. The zero-order chi connectivity index (χ0) is 19.4. The summed E-state index contributed by atoms with van der Waals surface area (Å²) < 4.78 is 5.74. The zero-order valence-corrected chi connectivity index (χ0v) is 14.0. The van der Waals surface area contributed by atoms with Gasteiger partial charge in [0.05, 0.1) is 5.56 Å². The Hall–Kier alpha value is -4.04. The van der Waals surface area contributed by atoms with Crippen LogP contribution in [0.3, 0.4) is 0 Å². The van der Waals surface area contributed by atoms with E-state index in [2.05, 4.69) is 5.92 Å². The van der Waals surface area contributed by atoms with Crippen molar-refractivity contribution in [2.75, 3.05) is 0 Å². The van der Waals surface area contributed by atoms with Crippen molar-refractivity contribution >= 4 is 11.9 Å². The van der Waals surface area contributed by atoms with Gasteiger partial charge in [0.1, 0.15) is 16.9 Å². The number of carboxylic acid groups (broad SMARTS) is 2. The molecule has 5 nitrogen and oxygen atoms in total. The van der Waals surface area contributed by atoms with Crippen molar-refractivity contribution < 1.29 is 24.5 Å². The van der Waals surface area contributed by atoms with E-state index >= 15 is 0 Å². The summed E-state index contributed by atoms with van der Waals surface area (Å²) in [5.41, 5.74) is 1.47. The SMILES string of the molecule is C#Cc1c(Oc2c(C(=O)O)cccc2C(=O)O)cccc1-c1ccccc1. The maximum Gasteiger partial charge on any atom is 0.339 e. The fraction of sp³-hybridized carbons (Fsp3) is 0. The number of ether oxygens (including phenoxy) is 1. The number of carbonyl (C=O) groups is 2. The molecule has 5 heteroatoms. The van der Waals surface area contributed by atoms with Crippen LogP contribution in [0, 0.1) is 12.3 Å². The van der Waals surface area contributed by atoms with Crippen molar-refractivity contribution in [2.24, 2.45) is 0 Å². The Kier molecular flexibility index (Phi) is 4.91. The fourth-order valence-electron chi connectivity index (χ4n) is 2.72. The second kappa shape index (κ2) is 7.46. The molecule has 0 aromatic heterocycles. The predicted octanol–water partition coefficient (Wildman–Crippen LogP) is 4.52. The zero-order valence-electron chi connectivity index (χ0n) is 14.0. The van der Waals surface area contributed by atoms with Crippen LogP contribution in [0.5, 0.6) is 11.5 Å². The molecule has 27 heavy (non-hydrogen) atoms. The lowest BCUT2D eigenvalue weighted by Crippen LogP contribution is -2.07. The van der Waals surface area contributed by atoms with Crippen LogP contribution in [0.4, 0.5) is 0 Å². The molecule has 0 atom stereocenters. The molecule has 0 amide bonds. The van der Waals surface area contributed by atoms with E-state index in [1.165, 1.54) is 18.2 Å². The second-order valence-corrected chi connectivity index (χ2v) is 5.58. The molecule has 0 radical (unpaired) electrons. The van der Waals surface area contributed by atoms with E-state index in [1.807, 2.05) is 36.4 Å². The van der Waals surface area contributed by atoms with Crippen LogP contribution in [-0.2, 0) is 0 Å². The van der Waals surface area contributed by atoms with Crippen molar-refractivity contribution in [3.05, 3.63) is 83.4 Å². The minimum Gasteiger partial charge on any atom is -0.478 e. The fourth-order valence-corrected chi connectivity index (χ4v) is 2.72. The molecule has 0 saturated heterocycles. The Morgan fingerprint density at radius 3 is 1.96 bits per heavy atom. The molecule has 0 aliphatic rings. The van der Waals surface area contributed by atoms with Crippen LogP contribution in [0.2, 0.25) is 0 Å². The first-order valence-electron chi connectivity index (χ1n) is 7.95. The summed E-state index contributed by atoms with van der Waals surface area (Å²) in [4.78, 5) is 23.0. The van der Waals surface area contributed by atoms with Gasteiger partial charge in [-0.25, -0.2) is 9.59 Å². The Morgan fingerprint density at radius 1 is 0.815 bits per heavy atom. The predicted molar refractivity (Wildman–Crippen MR) is 100 cm³/mol. The van der Waals surface area contributed by atoms with Crippen LogP contribution in [0.1, 0.15) is 26.3 Å². The minimum atomic E-state index is -1.30. The largest absolute Gasteiger partial charge is 0.478 e. The average Bonchev–Trinajstić information content (AvgIpc) is 2.68. The number of hydrogen-bond acceptors (Lipinski definition) is 3. The number of para-hydroxylation sites is 1. The molecule has 0 unspecified atom stereocenters. The average molecular weight is 358 g/mol. The molecule has 3 aromatic carbocycles. The quantitative estimate of drug-likeness (QED) is 0.655. The molecule has 0 aliphatic carbocycles. The van der Waals surface area contributed by atoms with E-state index in [-0.39, 0.29) is 22.6 Å². The first kappa shape index (κ1) is 17.8. The van der Waals surface area contributed by atoms with Gasteiger partial charge in [-0.1, -0.05) is 54.5 Å². The number of rotatable bonds is 5. The second-order valence-electron chi connectivity index (χ2n) is 5.58. The molecule has 2 N–H and O–H groups in total. The topological polar surface area (TPSA) is 83.8 Å². The molecule has 0 bridgehead atoms. The highest BCUT2D eigenvalue weighted by Crippen LogP contribution is 2.35. The van der Waals surface area contributed by atoms with E-state index in [1.54, 1.807) is 12.1 Å². The molecule has 3 aromatic rings. The standard InChI is InChI=1S/C22H14O5/c1-2-15-16(14-8-4-3-5-9-14)10-7-13-19(15)27-20-17(21(23)24)11-6-12-18(20)22(25)26/h1,3-13H,(H,23,24)(H,25,26). The Bertz CT molecular complexity index is 1030. The summed E-state index contributed by atoms with van der Waals surface area (Å²) in [5.74, 6) is -0.0938. The number of carboxylic acids is 2. The van der Waals surface area contributed by atoms with Crippen LogP contribution < -0.4 is 4.74 Å². The summed E-state index contributed by atoms with van der Waals surface area (Å²) in [5, 5.41) is 18.8. The molecular formula is C22H14O5. The van der Waals surface area contributed by atoms with Crippen LogP contribution >= 0.6 is 0 Å². The summed E-state index contributed by atoms with van der Waals surface area (Å²) in [6.07, 6.45) is 5.68. The van der Waals surface area contributed by atoms with Crippen molar-refractivity contribution in [3.8, 4) is 35.0 Å². The van der Waals surface area contributed by atoms with Gasteiger partial charge in [-0.2, -0.15) is 0 Å². The normalized spacial score (nSPS) is 10.0. The first-order valence-corrected chi connectivity index (χ1v) is 7.95. The molecular weight excluding hydrogens is 344 g/mol. The molecule has 0 spiro atoms. The summed E-state index contributed by atoms with van der Waals surface area (Å²) in [7, 11) is 0. The molecule has 3 rings (SSSR count). The molecule has 0 heterocycles. The van der Waals surface area contributed by atoms with E-state index in [0.717, 1.165) is 11.1 Å². The molecule has 0 aliphatic heterocycles. The maximum atomic E-state index is 11.5. The van der Waals surface area contributed by atoms with Gasteiger partial charge in [0.2, 0.25) is 0 Å². The van der Waals surface area contributed by atoms with Crippen molar-refractivity contribution in [1.82, 2.24) is 0 Å². The Morgan fingerprint density at radius 2 is 1.41 bits per heavy atom. The Balaban J connectivity index is 2.17. The van der Waals surface area contributed by atoms with E-state index in [0.29, 0.717) is 5.56 Å². The number of terminal acetylenes is 1. The highest BCUT2D eigenvalue weighted by Gasteiger charge is 2.22. The van der Waals surface area contributed by atoms with Gasteiger partial charge in [0.15, 0.2) is 5.75 Å². The van der Waals surface area contributed by atoms with E-state index in [4.69, 9.17) is 11.2 Å². The van der Waals surface area contributed by atoms with E-state index in [9.17, 15) is 19.8 Å². The van der Waals surface area contributed by atoms with Gasteiger partial charge in [-0.3, -0.25) is 0 Å².